The first-order chi connectivity index (χ1) is 18.2. The van der Waals surface area contributed by atoms with Gasteiger partial charge in [0.05, 0.1) is 23.9 Å². The summed E-state index contributed by atoms with van der Waals surface area (Å²) in [5.74, 6) is 0.404. The lowest BCUT2D eigenvalue weighted by Gasteiger charge is -2.29. The van der Waals surface area contributed by atoms with E-state index in [-0.39, 0.29) is 23.8 Å². The van der Waals surface area contributed by atoms with Gasteiger partial charge in [-0.25, -0.2) is 4.98 Å². The van der Waals surface area contributed by atoms with Crippen LogP contribution in [-0.2, 0) is 19.8 Å². The highest BCUT2D eigenvalue weighted by Crippen LogP contribution is 2.40. The Balaban J connectivity index is 1.28. The standard InChI is InChI=1S/C26H26F3N7O2/c1-30-22-10-20-19(12-31-22)23(14-3-8-18-15(9-14)11-32-25(18)37)34-36(20)16-4-6-17(7-5-16)38-21-13-33-35(2)24(21)26(27,28)29/h3,8-10,12-13,16-17H,4-7,11H2,1-2H3,(H,30,31)(H,32,37)/t16-,17+. The second-order valence-corrected chi connectivity index (χ2v) is 9.71. The van der Waals surface area contributed by atoms with Crippen LogP contribution < -0.4 is 15.4 Å². The van der Waals surface area contributed by atoms with Crippen molar-refractivity contribution in [3.8, 4) is 17.0 Å². The van der Waals surface area contributed by atoms with E-state index < -0.39 is 11.9 Å². The average molecular weight is 526 g/mol. The van der Waals surface area contributed by atoms with Crippen molar-refractivity contribution in [2.24, 2.45) is 7.05 Å². The molecule has 198 valence electrons. The number of amides is 1. The van der Waals surface area contributed by atoms with Crippen LogP contribution in [0.25, 0.3) is 22.2 Å². The predicted molar refractivity (Wildman–Crippen MR) is 134 cm³/mol. The summed E-state index contributed by atoms with van der Waals surface area (Å²) in [4.78, 5) is 16.5. The third-order valence-electron chi connectivity index (χ3n) is 7.37. The number of nitrogens with zero attached hydrogens (tertiary/aromatic N) is 5. The molecule has 2 N–H and O–H groups in total. The minimum Gasteiger partial charge on any atom is -0.486 e. The number of hydrogen-bond acceptors (Lipinski definition) is 6. The van der Waals surface area contributed by atoms with Gasteiger partial charge in [0, 0.05) is 49.4 Å². The molecule has 0 atom stereocenters. The fraction of sp³-hybridized carbons (Fsp3) is 0.385. The maximum atomic E-state index is 13.4. The van der Waals surface area contributed by atoms with Crippen LogP contribution >= 0.6 is 0 Å². The third kappa shape index (κ3) is 4.13. The monoisotopic (exact) mass is 525 g/mol. The molecule has 0 spiro atoms. The minimum atomic E-state index is -4.54. The molecular weight excluding hydrogens is 499 g/mol. The molecule has 38 heavy (non-hydrogen) atoms. The number of halogens is 3. The molecule has 9 nitrogen and oxygen atoms in total. The van der Waals surface area contributed by atoms with E-state index in [2.05, 4.69) is 20.7 Å². The van der Waals surface area contributed by atoms with E-state index in [1.165, 1.54) is 7.05 Å². The van der Waals surface area contributed by atoms with Gasteiger partial charge in [0.2, 0.25) is 0 Å². The van der Waals surface area contributed by atoms with Crippen LogP contribution in [0.2, 0.25) is 0 Å². The molecule has 6 rings (SSSR count). The first-order valence-electron chi connectivity index (χ1n) is 12.5. The van der Waals surface area contributed by atoms with E-state index in [1.54, 1.807) is 13.2 Å². The molecule has 0 unspecified atom stereocenters. The minimum absolute atomic E-state index is 0.0480. The van der Waals surface area contributed by atoms with E-state index in [0.29, 0.717) is 43.6 Å². The summed E-state index contributed by atoms with van der Waals surface area (Å²) in [6.45, 7) is 0.486. The quantitative estimate of drug-likeness (QED) is 0.392. The molecule has 1 aliphatic carbocycles. The normalized spacial score (nSPS) is 19.4. The predicted octanol–water partition coefficient (Wildman–Crippen LogP) is 4.70. The Labute approximate surface area is 216 Å². The number of anilines is 1. The zero-order chi connectivity index (χ0) is 26.6. The van der Waals surface area contributed by atoms with Gasteiger partial charge in [-0.05, 0) is 43.4 Å². The lowest BCUT2D eigenvalue weighted by atomic mass is 9.93. The number of rotatable bonds is 5. The number of aromatic nitrogens is 5. The Morgan fingerprint density at radius 3 is 2.66 bits per heavy atom. The number of pyridine rings is 1. The van der Waals surface area contributed by atoms with Crippen LogP contribution in [0.15, 0.2) is 36.7 Å². The number of fused-ring (bicyclic) bond motifs is 2. The molecule has 1 fully saturated rings. The van der Waals surface area contributed by atoms with E-state index in [4.69, 9.17) is 9.84 Å². The average Bonchev–Trinajstić information content (AvgIpc) is 3.58. The summed E-state index contributed by atoms with van der Waals surface area (Å²) in [5, 5.41) is 15.6. The van der Waals surface area contributed by atoms with Crippen molar-refractivity contribution in [1.29, 1.82) is 0 Å². The number of aryl methyl sites for hydroxylation is 1. The van der Waals surface area contributed by atoms with Gasteiger partial charge in [0.15, 0.2) is 11.4 Å². The van der Waals surface area contributed by atoms with Gasteiger partial charge < -0.3 is 15.4 Å². The summed E-state index contributed by atoms with van der Waals surface area (Å²) in [6.07, 6.45) is 0.621. The maximum absolute atomic E-state index is 13.4. The Bertz CT molecular complexity index is 1530. The SMILES string of the molecule is CNc1cc2c(cn1)c(-c1ccc3c(c1)CNC3=O)nn2[C@H]1CC[C@@H](Oc2cnn(C)c2C(F)(F)F)CC1. The van der Waals surface area contributed by atoms with E-state index in [9.17, 15) is 18.0 Å². The highest BCUT2D eigenvalue weighted by atomic mass is 19.4. The first-order valence-corrected chi connectivity index (χ1v) is 12.5. The molecule has 4 aromatic rings. The number of nitrogens with one attached hydrogen (secondary N) is 2. The molecule has 0 radical (unpaired) electrons. The van der Waals surface area contributed by atoms with E-state index >= 15 is 0 Å². The number of ether oxygens (including phenoxy) is 1. The van der Waals surface area contributed by atoms with E-state index in [0.717, 1.165) is 38.6 Å². The van der Waals surface area contributed by atoms with Gasteiger partial charge in [-0.15, -0.1) is 0 Å². The Kier molecular flexibility index (Phi) is 5.77. The molecule has 1 saturated carbocycles. The zero-order valence-corrected chi connectivity index (χ0v) is 20.8. The van der Waals surface area contributed by atoms with Gasteiger partial charge in [-0.1, -0.05) is 6.07 Å². The first kappa shape index (κ1) is 24.3. The van der Waals surface area contributed by atoms with Gasteiger partial charge in [0.25, 0.3) is 5.91 Å². The number of alkyl halides is 3. The molecule has 1 amide bonds. The second-order valence-electron chi connectivity index (χ2n) is 9.71. The van der Waals surface area contributed by atoms with Crippen molar-refractivity contribution < 1.29 is 22.7 Å². The fourth-order valence-corrected chi connectivity index (χ4v) is 5.45. The van der Waals surface area contributed by atoms with Crippen LogP contribution in [0.3, 0.4) is 0 Å². The summed E-state index contributed by atoms with van der Waals surface area (Å²) in [5.41, 5.74) is 3.33. The molecule has 2 aliphatic rings. The summed E-state index contributed by atoms with van der Waals surface area (Å²) in [6, 6.07) is 7.72. The number of carbonyl (C=O) groups is 1. The lowest BCUT2D eigenvalue weighted by Crippen LogP contribution is -2.27. The summed E-state index contributed by atoms with van der Waals surface area (Å²) >= 11 is 0. The molecular formula is C26H26F3N7O2. The largest absolute Gasteiger partial charge is 0.486 e. The van der Waals surface area contributed by atoms with Crippen molar-refractivity contribution >= 4 is 22.6 Å². The fourth-order valence-electron chi connectivity index (χ4n) is 5.45. The van der Waals surface area contributed by atoms with Crippen molar-refractivity contribution in [2.75, 3.05) is 12.4 Å². The zero-order valence-electron chi connectivity index (χ0n) is 20.8. The van der Waals surface area contributed by atoms with Gasteiger partial charge >= 0.3 is 6.18 Å². The van der Waals surface area contributed by atoms with Gasteiger partial charge in [-0.2, -0.15) is 23.4 Å². The molecule has 1 aliphatic heterocycles. The van der Waals surface area contributed by atoms with Crippen molar-refractivity contribution in [3.63, 3.8) is 0 Å². The number of carbonyl (C=O) groups excluding carboxylic acids is 1. The summed E-state index contributed by atoms with van der Waals surface area (Å²) < 4.78 is 48.9. The molecule has 12 heteroatoms. The highest BCUT2D eigenvalue weighted by Gasteiger charge is 2.39. The van der Waals surface area contributed by atoms with Crippen LogP contribution in [0.1, 0.15) is 53.3 Å². The third-order valence-corrected chi connectivity index (χ3v) is 7.37. The molecule has 4 heterocycles. The summed E-state index contributed by atoms with van der Waals surface area (Å²) in [7, 11) is 3.06. The van der Waals surface area contributed by atoms with Crippen LogP contribution in [0.4, 0.5) is 19.0 Å². The van der Waals surface area contributed by atoms with Crippen molar-refractivity contribution in [2.45, 2.75) is 50.6 Å². The second kappa shape index (κ2) is 9.03. The molecule has 3 aromatic heterocycles. The Morgan fingerprint density at radius 1 is 1.13 bits per heavy atom. The van der Waals surface area contributed by atoms with E-state index in [1.807, 2.05) is 28.9 Å². The van der Waals surface area contributed by atoms with Crippen LogP contribution in [-0.4, -0.2) is 43.6 Å². The van der Waals surface area contributed by atoms with Crippen molar-refractivity contribution in [3.05, 3.63) is 53.5 Å². The Hall–Kier alpha value is -4.09. The van der Waals surface area contributed by atoms with Gasteiger partial charge in [-0.3, -0.25) is 14.2 Å². The molecule has 0 bridgehead atoms. The van der Waals surface area contributed by atoms with Gasteiger partial charge in [0.1, 0.15) is 11.5 Å². The lowest BCUT2D eigenvalue weighted by molar-refractivity contribution is -0.145. The number of hydrogen-bond donors (Lipinski definition) is 2. The topological polar surface area (TPSA) is 98.9 Å². The maximum Gasteiger partial charge on any atom is 0.436 e. The van der Waals surface area contributed by atoms with Crippen LogP contribution in [0.5, 0.6) is 5.75 Å². The molecule has 1 aromatic carbocycles. The smallest absolute Gasteiger partial charge is 0.436 e. The highest BCUT2D eigenvalue weighted by molar-refractivity contribution is 6.00. The van der Waals surface area contributed by atoms with Crippen LogP contribution in [0, 0.1) is 0 Å². The Morgan fingerprint density at radius 2 is 1.92 bits per heavy atom. The van der Waals surface area contributed by atoms with Crippen molar-refractivity contribution in [1.82, 2.24) is 29.9 Å². The number of benzene rings is 1. The molecule has 0 saturated heterocycles.